The van der Waals surface area contributed by atoms with Crippen LogP contribution in [-0.2, 0) is 9.84 Å². The molecule has 0 aliphatic rings. The van der Waals surface area contributed by atoms with E-state index >= 15 is 0 Å². The molecule has 0 saturated carbocycles. The topological polar surface area (TPSA) is 114 Å². The minimum atomic E-state index is -4.33. The first-order chi connectivity index (χ1) is 22.3. The van der Waals surface area contributed by atoms with Crippen molar-refractivity contribution in [2.45, 2.75) is 117 Å². The molecule has 0 aliphatic carbocycles. The molecule has 0 aliphatic heterocycles. The molecule has 0 amide bonds. The van der Waals surface area contributed by atoms with Gasteiger partial charge in [0.2, 0.25) is 9.84 Å². The molecule has 0 aromatic heterocycles. The summed E-state index contributed by atoms with van der Waals surface area (Å²) in [6, 6.07) is 9.65. The molecular weight excluding hydrogens is 612 g/mol. The first-order valence-corrected chi connectivity index (χ1v) is 19.4. The van der Waals surface area contributed by atoms with E-state index in [1.807, 2.05) is 0 Å². The summed E-state index contributed by atoms with van der Waals surface area (Å²) in [7, 11) is -4.33. The summed E-state index contributed by atoms with van der Waals surface area (Å²) in [5, 5.41) is 22.0. The lowest BCUT2D eigenvalue weighted by atomic mass is 10.2. The highest BCUT2D eigenvalue weighted by Gasteiger charge is 2.25. The molecule has 2 rings (SSSR count). The van der Waals surface area contributed by atoms with E-state index in [0.29, 0.717) is 0 Å². The third kappa shape index (κ3) is 14.5. The number of carbonyl (C=O) groups excluding carboxylic acids is 2. The van der Waals surface area contributed by atoms with Crippen LogP contribution >= 0.6 is 0 Å². The number of rotatable bonds is 20. The smallest absolute Gasteiger partial charge is 0.207 e. The zero-order valence-electron chi connectivity index (χ0n) is 30.7. The van der Waals surface area contributed by atoms with Crippen LogP contribution in [0.1, 0.15) is 127 Å². The maximum atomic E-state index is 12.5. The summed E-state index contributed by atoms with van der Waals surface area (Å²) >= 11 is 0. The second-order valence-corrected chi connectivity index (χ2v) is 14.4. The molecule has 0 unspecified atom stereocenters. The number of nitrogens with zero attached hydrogens (tertiary/aromatic N) is 2. The lowest BCUT2D eigenvalue weighted by Gasteiger charge is -2.38. The number of sulfone groups is 1. The second-order valence-electron chi connectivity index (χ2n) is 12.5. The molecule has 0 atom stereocenters. The van der Waals surface area contributed by atoms with Crippen LogP contribution in [0.5, 0.6) is 0 Å². The molecule has 0 N–H and O–H groups in total. The molecular formula is C38H64N2O6S. The lowest BCUT2D eigenvalue weighted by molar-refractivity contribution is -0.928. The van der Waals surface area contributed by atoms with Gasteiger partial charge in [-0.3, -0.25) is 0 Å². The van der Waals surface area contributed by atoms with E-state index in [1.54, 1.807) is 0 Å². The molecule has 0 spiro atoms. The Morgan fingerprint density at radius 1 is 0.468 bits per heavy atom. The summed E-state index contributed by atoms with van der Waals surface area (Å²) < 4.78 is 27.8. The number of benzene rings is 2. The van der Waals surface area contributed by atoms with Gasteiger partial charge in [-0.25, -0.2) is 8.42 Å². The number of hydrogen-bond acceptors (Lipinski definition) is 6. The fourth-order valence-electron chi connectivity index (χ4n) is 6.99. The first kappa shape index (κ1) is 44.2. The molecule has 8 nitrogen and oxygen atoms in total. The normalized spacial score (nSPS) is 11.6. The fourth-order valence-corrected chi connectivity index (χ4v) is 8.63. The standard InChI is InChI=1S/C14H10O6S.2C12H28N/c15-13(16)9-5-1-3-7-11(9)21(19,20)12-8-4-2-6-10(12)14(17)18;2*1-5-9-13(10-6-2,11-7-3)12-8-4/h1-8H,(H,15,16)(H,17,18);2*5-12H2,1-4H3/q;2*+1/p-2. The average Bonchev–Trinajstić information content (AvgIpc) is 3.03. The monoisotopic (exact) mass is 676 g/mol. The summed E-state index contributed by atoms with van der Waals surface area (Å²) in [5.74, 6) is -3.33. The van der Waals surface area contributed by atoms with Crippen molar-refractivity contribution < 1.29 is 37.2 Å². The summed E-state index contributed by atoms with van der Waals surface area (Å²) in [5.41, 5.74) is -1.07. The van der Waals surface area contributed by atoms with Crippen LogP contribution in [0.15, 0.2) is 58.3 Å². The van der Waals surface area contributed by atoms with Crippen LogP contribution < -0.4 is 10.2 Å². The van der Waals surface area contributed by atoms with Gasteiger partial charge < -0.3 is 28.8 Å². The Morgan fingerprint density at radius 3 is 0.872 bits per heavy atom. The largest absolute Gasteiger partial charge is 0.545 e. The van der Waals surface area contributed by atoms with Gasteiger partial charge in [0, 0.05) is 11.1 Å². The molecule has 47 heavy (non-hydrogen) atoms. The van der Waals surface area contributed by atoms with Gasteiger partial charge in [0.1, 0.15) is 0 Å². The van der Waals surface area contributed by atoms with Gasteiger partial charge >= 0.3 is 0 Å². The van der Waals surface area contributed by atoms with Crippen LogP contribution in [0.25, 0.3) is 0 Å². The predicted octanol–water partition coefficient (Wildman–Crippen LogP) is 6.13. The zero-order chi connectivity index (χ0) is 35.9. The SMILES string of the molecule is CCC[N+](CCC)(CCC)CCC.CCC[N+](CCC)(CCC)CCC.O=C([O-])c1ccccc1S(=O)(=O)c1ccccc1C(=O)[O-]. The number of quaternary nitrogens is 2. The number of hydrogen-bond donors (Lipinski definition) is 0. The molecule has 9 heteroatoms. The van der Waals surface area contributed by atoms with E-state index in [0.717, 1.165) is 24.3 Å². The molecule has 0 bridgehead atoms. The van der Waals surface area contributed by atoms with Crippen molar-refractivity contribution in [2.75, 3.05) is 52.4 Å². The Kier molecular flexibility index (Phi) is 22.2. The van der Waals surface area contributed by atoms with Crippen LogP contribution in [-0.4, -0.2) is 81.7 Å². The zero-order valence-corrected chi connectivity index (χ0v) is 31.5. The van der Waals surface area contributed by atoms with Gasteiger partial charge in [0.25, 0.3) is 0 Å². The van der Waals surface area contributed by atoms with Crippen LogP contribution in [0.2, 0.25) is 0 Å². The van der Waals surface area contributed by atoms with E-state index in [4.69, 9.17) is 0 Å². The Morgan fingerprint density at radius 2 is 0.681 bits per heavy atom. The van der Waals surface area contributed by atoms with Crippen molar-refractivity contribution in [1.82, 2.24) is 0 Å². The third-order valence-electron chi connectivity index (χ3n) is 8.38. The van der Waals surface area contributed by atoms with Crippen LogP contribution in [0, 0.1) is 0 Å². The van der Waals surface area contributed by atoms with Crippen molar-refractivity contribution in [3.05, 3.63) is 59.7 Å². The van der Waals surface area contributed by atoms with E-state index in [9.17, 15) is 28.2 Å². The van der Waals surface area contributed by atoms with Gasteiger partial charge in [0.15, 0.2) is 0 Å². The van der Waals surface area contributed by atoms with Crippen molar-refractivity contribution in [2.24, 2.45) is 0 Å². The highest BCUT2D eigenvalue weighted by molar-refractivity contribution is 7.91. The van der Waals surface area contributed by atoms with Gasteiger partial charge in [0.05, 0.1) is 74.1 Å². The van der Waals surface area contributed by atoms with Gasteiger partial charge in [-0.1, -0.05) is 91.8 Å². The number of aromatic carboxylic acids is 2. The molecule has 268 valence electrons. The maximum absolute atomic E-state index is 12.5. The van der Waals surface area contributed by atoms with Gasteiger partial charge in [-0.2, -0.15) is 0 Å². The number of carboxylic acid groups (broad SMARTS) is 2. The average molecular weight is 677 g/mol. The summed E-state index contributed by atoms with van der Waals surface area (Å²) in [6.45, 7) is 29.6. The van der Waals surface area contributed by atoms with Crippen molar-refractivity contribution in [3.63, 3.8) is 0 Å². The molecule has 2 aromatic rings. The number of carbonyl (C=O) groups is 2. The van der Waals surface area contributed by atoms with Crippen molar-refractivity contribution >= 4 is 21.8 Å². The van der Waals surface area contributed by atoms with E-state index in [1.165, 1.54) is 137 Å². The van der Waals surface area contributed by atoms with Crippen LogP contribution in [0.3, 0.4) is 0 Å². The Hall–Kier alpha value is -2.75. The Bertz CT molecular complexity index is 1130. The number of carboxylic acids is 2. The fraction of sp³-hybridized carbons (Fsp3) is 0.632. The lowest BCUT2D eigenvalue weighted by Crippen LogP contribution is -2.50. The van der Waals surface area contributed by atoms with Crippen molar-refractivity contribution in [1.29, 1.82) is 0 Å². The highest BCUT2D eigenvalue weighted by atomic mass is 32.2. The quantitative estimate of drug-likeness (QED) is 0.156. The molecule has 0 radical (unpaired) electrons. The van der Waals surface area contributed by atoms with E-state index in [2.05, 4.69) is 55.4 Å². The van der Waals surface area contributed by atoms with Crippen LogP contribution in [0.4, 0.5) is 0 Å². The molecule has 2 aromatic carbocycles. The minimum absolute atomic E-state index is 0.529. The summed E-state index contributed by atoms with van der Waals surface area (Å²) in [6.07, 6.45) is 10.7. The molecule has 0 heterocycles. The Labute approximate surface area is 286 Å². The highest BCUT2D eigenvalue weighted by Crippen LogP contribution is 2.26. The summed E-state index contributed by atoms with van der Waals surface area (Å²) in [4.78, 5) is 21.0. The minimum Gasteiger partial charge on any atom is -0.545 e. The van der Waals surface area contributed by atoms with E-state index in [-0.39, 0.29) is 0 Å². The van der Waals surface area contributed by atoms with E-state index < -0.39 is 42.7 Å². The van der Waals surface area contributed by atoms with Gasteiger partial charge in [-0.15, -0.1) is 0 Å². The Balaban J connectivity index is 0.000000714. The van der Waals surface area contributed by atoms with Crippen molar-refractivity contribution in [3.8, 4) is 0 Å². The molecule has 0 fully saturated rings. The predicted molar refractivity (Wildman–Crippen MR) is 189 cm³/mol. The second kappa shape index (κ2) is 23.6. The molecule has 0 saturated heterocycles. The maximum Gasteiger partial charge on any atom is 0.207 e. The van der Waals surface area contributed by atoms with Gasteiger partial charge in [-0.05, 0) is 63.5 Å². The first-order valence-electron chi connectivity index (χ1n) is 17.9. The third-order valence-corrected chi connectivity index (χ3v) is 10.2.